The highest BCUT2D eigenvalue weighted by atomic mass is 79.9. The zero-order chi connectivity index (χ0) is 25.8. The Morgan fingerprint density at radius 3 is 2.46 bits per heavy atom. The molecule has 0 unspecified atom stereocenters. The van der Waals surface area contributed by atoms with E-state index in [2.05, 4.69) is 85.4 Å². The van der Waals surface area contributed by atoms with Gasteiger partial charge in [-0.15, -0.1) is 10.2 Å². The number of aromatic amines is 1. The van der Waals surface area contributed by atoms with E-state index in [-0.39, 0.29) is 0 Å². The minimum absolute atomic E-state index is 0.582. The summed E-state index contributed by atoms with van der Waals surface area (Å²) >= 11 is 3.49. The number of unbranched alkanes of at least 4 members (excludes halogenated alkanes) is 1. The molecule has 5 rings (SSSR count). The number of nitrogens with one attached hydrogen (secondary N) is 1. The van der Waals surface area contributed by atoms with Crippen molar-refractivity contribution in [1.82, 2.24) is 25.6 Å². The number of anilines is 1. The molecule has 1 N–H and O–H groups in total. The van der Waals surface area contributed by atoms with Crippen LogP contribution < -0.4 is 4.90 Å². The summed E-state index contributed by atoms with van der Waals surface area (Å²) in [4.78, 5) is 11.7. The average molecular weight is 554 g/mol. The van der Waals surface area contributed by atoms with Gasteiger partial charge in [-0.05, 0) is 69.7 Å². The number of aliphatic imine (C=N–C) groups is 1. The Hall–Kier alpha value is -3.91. The lowest BCUT2D eigenvalue weighted by Gasteiger charge is -2.32. The van der Waals surface area contributed by atoms with Crippen LogP contribution in [0.15, 0.2) is 99.9 Å². The first kappa shape index (κ1) is 24.8. The van der Waals surface area contributed by atoms with Crippen molar-refractivity contribution in [3.05, 3.63) is 100 Å². The Morgan fingerprint density at radius 1 is 0.973 bits per heavy atom. The van der Waals surface area contributed by atoms with E-state index in [9.17, 15) is 0 Å². The molecule has 4 aromatic rings. The van der Waals surface area contributed by atoms with E-state index in [1.54, 1.807) is 0 Å². The van der Waals surface area contributed by atoms with Gasteiger partial charge in [-0.1, -0.05) is 74.5 Å². The predicted octanol–water partition coefficient (Wildman–Crippen LogP) is 7.13. The normalized spacial score (nSPS) is 13.8. The summed E-state index contributed by atoms with van der Waals surface area (Å²) in [5.74, 6) is 2.28. The molecule has 0 fully saturated rings. The predicted molar refractivity (Wildman–Crippen MR) is 152 cm³/mol. The molecule has 2 aromatic carbocycles. The fraction of sp³-hybridized carbons (Fsp3) is 0.207. The summed E-state index contributed by atoms with van der Waals surface area (Å²) in [6.07, 6.45) is 3.87. The molecule has 1 aliphatic rings. The quantitative estimate of drug-likeness (QED) is 0.234. The van der Waals surface area contributed by atoms with Gasteiger partial charge in [0, 0.05) is 29.0 Å². The van der Waals surface area contributed by atoms with Crippen molar-refractivity contribution in [2.75, 3.05) is 4.90 Å². The van der Waals surface area contributed by atoms with Gasteiger partial charge >= 0.3 is 0 Å². The molecule has 3 heterocycles. The number of hydrogen-bond acceptors (Lipinski definition) is 6. The highest BCUT2D eigenvalue weighted by molar-refractivity contribution is 9.10. The second-order valence-electron chi connectivity index (χ2n) is 8.94. The number of hydrogen-bond donors (Lipinski definition) is 1. The molecule has 2 aromatic heterocycles. The molecule has 37 heavy (non-hydrogen) atoms. The highest BCUT2D eigenvalue weighted by Crippen LogP contribution is 2.35. The lowest BCUT2D eigenvalue weighted by Crippen LogP contribution is -2.33. The first-order valence-electron chi connectivity index (χ1n) is 12.4. The van der Waals surface area contributed by atoms with Gasteiger partial charge in [0.25, 0.3) is 0 Å². The van der Waals surface area contributed by atoms with Crippen LogP contribution >= 0.6 is 15.9 Å². The number of halogens is 1. The minimum Gasteiger partial charge on any atom is -0.283 e. The summed E-state index contributed by atoms with van der Waals surface area (Å²) in [5.41, 5.74) is 7.49. The number of allylic oxidation sites excluding steroid dienone is 2. The molecule has 0 radical (unpaired) electrons. The van der Waals surface area contributed by atoms with Gasteiger partial charge in [0.05, 0.1) is 0 Å². The molecule has 0 bridgehead atoms. The van der Waals surface area contributed by atoms with Crippen LogP contribution in [0, 0.1) is 0 Å². The van der Waals surface area contributed by atoms with Gasteiger partial charge in [0.2, 0.25) is 5.82 Å². The number of H-pyrrole nitrogens is 1. The fourth-order valence-electron chi connectivity index (χ4n) is 4.60. The van der Waals surface area contributed by atoms with E-state index in [0.29, 0.717) is 5.82 Å². The summed E-state index contributed by atoms with van der Waals surface area (Å²) in [5, 5.41) is 14.6. The number of amidine groups is 1. The molecular formula is C29H28BrN7. The van der Waals surface area contributed by atoms with Gasteiger partial charge in [-0.3, -0.25) is 4.90 Å². The Kier molecular flexibility index (Phi) is 7.37. The molecular weight excluding hydrogens is 526 g/mol. The van der Waals surface area contributed by atoms with Crippen LogP contribution in [0.5, 0.6) is 0 Å². The third-order valence-electron chi connectivity index (χ3n) is 6.44. The first-order chi connectivity index (χ1) is 18.0. The molecule has 1 aliphatic heterocycles. The Labute approximate surface area is 225 Å². The third-order valence-corrected chi connectivity index (χ3v) is 6.88. The van der Waals surface area contributed by atoms with Crippen molar-refractivity contribution in [3.8, 4) is 22.5 Å². The van der Waals surface area contributed by atoms with E-state index >= 15 is 0 Å². The molecule has 0 aliphatic carbocycles. The molecule has 0 atom stereocenters. The Bertz CT molecular complexity index is 1470. The molecule has 186 valence electrons. The maximum atomic E-state index is 5.02. The van der Waals surface area contributed by atoms with Crippen LogP contribution in [0.1, 0.15) is 38.7 Å². The van der Waals surface area contributed by atoms with Crippen LogP contribution in [-0.4, -0.2) is 31.4 Å². The second-order valence-corrected chi connectivity index (χ2v) is 9.76. The largest absolute Gasteiger partial charge is 0.283 e. The summed E-state index contributed by atoms with van der Waals surface area (Å²) in [6, 6.07) is 22.6. The van der Waals surface area contributed by atoms with E-state index in [1.807, 2.05) is 48.2 Å². The van der Waals surface area contributed by atoms with Gasteiger partial charge in [0.1, 0.15) is 16.3 Å². The monoisotopic (exact) mass is 553 g/mol. The number of benzene rings is 2. The van der Waals surface area contributed by atoms with Gasteiger partial charge in [-0.25, -0.2) is 9.98 Å². The van der Waals surface area contributed by atoms with Crippen LogP contribution in [0.4, 0.5) is 5.82 Å². The van der Waals surface area contributed by atoms with Crippen molar-refractivity contribution in [2.45, 2.75) is 39.5 Å². The minimum atomic E-state index is 0.582. The summed E-state index contributed by atoms with van der Waals surface area (Å²) < 4.78 is 0.782. The van der Waals surface area contributed by atoms with Crippen LogP contribution in [0.3, 0.4) is 0 Å². The van der Waals surface area contributed by atoms with E-state index in [4.69, 9.17) is 4.99 Å². The maximum absolute atomic E-state index is 5.02. The van der Waals surface area contributed by atoms with Crippen LogP contribution in [-0.2, 0) is 6.42 Å². The molecule has 8 heteroatoms. The Morgan fingerprint density at radius 2 is 1.76 bits per heavy atom. The molecule has 7 nitrogen and oxygen atoms in total. The number of tetrazole rings is 1. The van der Waals surface area contributed by atoms with Crippen molar-refractivity contribution in [3.63, 3.8) is 0 Å². The van der Waals surface area contributed by atoms with Crippen LogP contribution in [0.25, 0.3) is 22.5 Å². The van der Waals surface area contributed by atoms with Crippen molar-refractivity contribution in [1.29, 1.82) is 0 Å². The zero-order valence-corrected chi connectivity index (χ0v) is 22.5. The summed E-state index contributed by atoms with van der Waals surface area (Å²) in [7, 11) is 0. The van der Waals surface area contributed by atoms with E-state index in [0.717, 1.165) is 75.6 Å². The molecule has 0 saturated carbocycles. The lowest BCUT2D eigenvalue weighted by molar-refractivity contribution is 0.766. The van der Waals surface area contributed by atoms with Crippen molar-refractivity contribution >= 4 is 27.6 Å². The maximum Gasteiger partial charge on any atom is 0.205 e. The molecule has 0 spiro atoms. The standard InChI is InChI=1S/C29H28BrN7/c1-4-5-11-26-25(19(2)37(20(3)31-26)28-13-8-12-27(30)32-28)18-21-14-16-22(17-15-21)23-9-6-7-10-24(23)29-33-35-36-34-29/h6-10,12-17H,2,4-5,11,18H2,1,3H3,(H,33,34,35,36). The van der Waals surface area contributed by atoms with Gasteiger partial charge in [-0.2, -0.15) is 5.21 Å². The fourth-order valence-corrected chi connectivity index (χ4v) is 4.94. The number of pyridine rings is 1. The summed E-state index contributed by atoms with van der Waals surface area (Å²) in [6.45, 7) is 8.73. The van der Waals surface area contributed by atoms with E-state index < -0.39 is 0 Å². The van der Waals surface area contributed by atoms with Crippen molar-refractivity contribution < 1.29 is 0 Å². The van der Waals surface area contributed by atoms with Gasteiger partial charge < -0.3 is 0 Å². The molecule has 0 saturated heterocycles. The average Bonchev–Trinajstić information content (AvgIpc) is 3.45. The topological polar surface area (TPSA) is 82.9 Å². The van der Waals surface area contributed by atoms with E-state index in [1.165, 1.54) is 5.56 Å². The second kappa shape index (κ2) is 11.0. The SMILES string of the molecule is C=C1C(Cc2ccc(-c3ccccc3-c3nn[nH]n3)cc2)=C(CCCC)N=C(C)N1c1cccc(Br)n1. The number of nitrogens with zero attached hydrogens (tertiary/aromatic N) is 6. The molecule has 0 amide bonds. The zero-order valence-electron chi connectivity index (χ0n) is 20.9. The van der Waals surface area contributed by atoms with Gasteiger partial charge in [0.15, 0.2) is 0 Å². The Balaban J connectivity index is 1.46. The van der Waals surface area contributed by atoms with Crippen molar-refractivity contribution in [2.24, 2.45) is 4.99 Å². The van der Waals surface area contributed by atoms with Crippen LogP contribution in [0.2, 0.25) is 0 Å². The first-order valence-corrected chi connectivity index (χ1v) is 13.2. The third kappa shape index (κ3) is 5.29. The highest BCUT2D eigenvalue weighted by Gasteiger charge is 2.26. The number of aromatic nitrogens is 5. The lowest BCUT2D eigenvalue weighted by atomic mass is 9.94. The number of rotatable bonds is 8. The smallest absolute Gasteiger partial charge is 0.205 e.